The molecule has 4 rings (SSSR count). The number of unbranched alkanes of at least 4 members (excludes halogenated alkanes) is 8. The molecule has 0 unspecified atom stereocenters. The van der Waals surface area contributed by atoms with Gasteiger partial charge in [0.05, 0.1) is 52.4 Å². The Morgan fingerprint density at radius 2 is 0.660 bits per heavy atom. The van der Waals surface area contributed by atoms with Crippen LogP contribution < -0.4 is 15.5 Å². The van der Waals surface area contributed by atoms with E-state index in [9.17, 15) is 10.0 Å². The predicted octanol–water partition coefficient (Wildman–Crippen LogP) is 11.0. The predicted molar refractivity (Wildman–Crippen MR) is 234 cm³/mol. The zero-order chi connectivity index (χ0) is 39.0. The van der Waals surface area contributed by atoms with Crippen LogP contribution in [0.15, 0.2) is 54.6 Å². The van der Waals surface area contributed by atoms with Gasteiger partial charge in [-0.1, -0.05) is 168 Å². The maximum Gasteiger partial charge on any atom is 0.0786 e. The van der Waals surface area contributed by atoms with E-state index >= 15 is 0 Å². The van der Waals surface area contributed by atoms with E-state index in [0.29, 0.717) is 5.46 Å². The Bertz CT molecular complexity index is 1360. The quantitative estimate of drug-likeness (QED) is 0.0387. The lowest BCUT2D eigenvalue weighted by molar-refractivity contribution is -0.929. The second kappa shape index (κ2) is 26.6. The molecule has 0 fully saturated rings. The number of hydrogen-bond donors (Lipinski definition) is 0. The molecule has 0 aliphatic rings. The minimum atomic E-state index is -1.94. The Labute approximate surface area is 328 Å². The molecule has 53 heavy (non-hydrogen) atoms. The van der Waals surface area contributed by atoms with E-state index in [-0.39, 0.29) is 0 Å². The molecular formula is C48H81BN2O2. The lowest BCUT2D eigenvalue weighted by Gasteiger charge is -2.39. The van der Waals surface area contributed by atoms with Gasteiger partial charge in [-0.2, -0.15) is 0 Å². The van der Waals surface area contributed by atoms with Gasteiger partial charge in [0, 0.05) is 0 Å². The molecule has 4 aromatic carbocycles. The standard InChI is InChI=1S/C16H9BO2.2C16H36N/c18-17(19)14-9-7-12-5-4-10-2-1-3-11-6-8-13(14)16(12)15(10)11;2*1-5-9-13-17(14-10-6-2,15-11-7-3)16-12-8-4/h1-9H;2*5-16H2,1-4H3/q-2;2*+1. The lowest BCUT2D eigenvalue weighted by atomic mass is 9.75. The third-order valence-electron chi connectivity index (χ3n) is 11.7. The maximum atomic E-state index is 11.3. The van der Waals surface area contributed by atoms with E-state index in [0.717, 1.165) is 32.3 Å². The third kappa shape index (κ3) is 15.1. The van der Waals surface area contributed by atoms with Crippen molar-refractivity contribution in [2.75, 3.05) is 52.4 Å². The second-order valence-electron chi connectivity index (χ2n) is 16.1. The summed E-state index contributed by atoms with van der Waals surface area (Å²) < 4.78 is 2.84. The molecule has 4 aromatic rings. The van der Waals surface area contributed by atoms with E-state index in [1.807, 2.05) is 30.3 Å². The lowest BCUT2D eigenvalue weighted by Crippen LogP contribution is -2.55. The molecule has 0 saturated heterocycles. The second-order valence-corrected chi connectivity index (χ2v) is 16.1. The Morgan fingerprint density at radius 3 is 0.962 bits per heavy atom. The molecule has 0 bridgehead atoms. The molecule has 0 aliphatic carbocycles. The van der Waals surface area contributed by atoms with E-state index in [4.69, 9.17) is 0 Å². The molecule has 4 nitrogen and oxygen atoms in total. The SMILES string of the molecule is CCCC[N+](CCCC)(CCCC)CCCC.CCCC[N+](CCCC)(CCCC)CCCC.[O-]B([O-])c1ccc2ccc3cccc4ccc1c2c34. The Morgan fingerprint density at radius 1 is 0.377 bits per heavy atom. The molecule has 0 heterocycles. The van der Waals surface area contributed by atoms with Gasteiger partial charge < -0.3 is 19.0 Å². The number of rotatable bonds is 25. The summed E-state index contributed by atoms with van der Waals surface area (Å²) >= 11 is 0. The summed E-state index contributed by atoms with van der Waals surface area (Å²) in [6, 6.07) is 17.7. The van der Waals surface area contributed by atoms with Crippen molar-refractivity contribution in [2.24, 2.45) is 0 Å². The highest BCUT2D eigenvalue weighted by Crippen LogP contribution is 2.33. The molecule has 0 saturated carbocycles. The average molecular weight is 729 g/mol. The van der Waals surface area contributed by atoms with Gasteiger partial charge in [-0.15, -0.1) is 5.46 Å². The number of benzene rings is 4. The van der Waals surface area contributed by atoms with Crippen molar-refractivity contribution in [1.29, 1.82) is 0 Å². The molecule has 0 atom stereocenters. The van der Waals surface area contributed by atoms with Crippen molar-refractivity contribution in [2.45, 2.75) is 158 Å². The molecule has 0 aliphatic heterocycles. The first-order chi connectivity index (χ1) is 25.7. The summed E-state index contributed by atoms with van der Waals surface area (Å²) in [4.78, 5) is 0. The Balaban J connectivity index is 0.000000276. The van der Waals surface area contributed by atoms with Crippen molar-refractivity contribution < 1.29 is 19.0 Å². The first kappa shape index (κ1) is 47.0. The summed E-state index contributed by atoms with van der Waals surface area (Å²) in [6.45, 7) is 30.0. The van der Waals surface area contributed by atoms with Gasteiger partial charge in [-0.25, -0.2) is 0 Å². The van der Waals surface area contributed by atoms with Gasteiger partial charge in [0.1, 0.15) is 0 Å². The fourth-order valence-electron chi connectivity index (χ4n) is 8.25. The van der Waals surface area contributed by atoms with Crippen LogP contribution in [0.25, 0.3) is 32.3 Å². The van der Waals surface area contributed by atoms with Gasteiger partial charge in [0.2, 0.25) is 0 Å². The van der Waals surface area contributed by atoms with Crippen molar-refractivity contribution >= 4 is 44.9 Å². The van der Waals surface area contributed by atoms with Crippen molar-refractivity contribution in [1.82, 2.24) is 0 Å². The monoisotopic (exact) mass is 729 g/mol. The number of nitrogens with zero attached hydrogens (tertiary/aromatic N) is 2. The van der Waals surface area contributed by atoms with Crippen molar-refractivity contribution in [3.8, 4) is 0 Å². The van der Waals surface area contributed by atoms with Gasteiger partial charge >= 0.3 is 0 Å². The smallest absolute Gasteiger partial charge is 0.0786 e. The Kier molecular flexibility index (Phi) is 23.6. The molecule has 0 amide bonds. The molecule has 0 radical (unpaired) electrons. The van der Waals surface area contributed by atoms with Gasteiger partial charge in [0.15, 0.2) is 0 Å². The van der Waals surface area contributed by atoms with Crippen LogP contribution in [0, 0.1) is 0 Å². The van der Waals surface area contributed by atoms with Gasteiger partial charge in [-0.3, -0.25) is 0 Å². The van der Waals surface area contributed by atoms with Crippen LogP contribution in [0.5, 0.6) is 0 Å². The molecule has 0 spiro atoms. The van der Waals surface area contributed by atoms with Gasteiger partial charge in [-0.05, 0) is 83.7 Å². The molecule has 298 valence electrons. The van der Waals surface area contributed by atoms with Crippen LogP contribution in [0.2, 0.25) is 0 Å². The van der Waals surface area contributed by atoms with Gasteiger partial charge in [0.25, 0.3) is 0 Å². The minimum Gasteiger partial charge on any atom is -0.889 e. The molecule has 5 heteroatoms. The third-order valence-corrected chi connectivity index (χ3v) is 11.7. The zero-order valence-corrected chi connectivity index (χ0v) is 36.0. The highest BCUT2D eigenvalue weighted by atomic mass is 16.4. The van der Waals surface area contributed by atoms with E-state index in [1.165, 1.54) is 164 Å². The topological polar surface area (TPSA) is 46.1 Å². The van der Waals surface area contributed by atoms with E-state index < -0.39 is 7.12 Å². The van der Waals surface area contributed by atoms with Crippen LogP contribution in [-0.4, -0.2) is 68.4 Å². The Hall–Kier alpha value is -2.18. The largest absolute Gasteiger partial charge is 0.889 e. The minimum absolute atomic E-state index is 0.339. The fourth-order valence-corrected chi connectivity index (χ4v) is 8.25. The van der Waals surface area contributed by atoms with E-state index in [1.54, 1.807) is 6.07 Å². The zero-order valence-electron chi connectivity index (χ0n) is 36.0. The summed E-state index contributed by atoms with van der Waals surface area (Å²) in [5.41, 5.74) is 0.339. The molecular weight excluding hydrogens is 647 g/mol. The summed E-state index contributed by atoms with van der Waals surface area (Å²) in [7, 11) is -1.94. The van der Waals surface area contributed by atoms with Crippen LogP contribution in [0.1, 0.15) is 158 Å². The fraction of sp³-hybridized carbons (Fsp3) is 0.667. The van der Waals surface area contributed by atoms with Crippen LogP contribution >= 0.6 is 0 Å². The van der Waals surface area contributed by atoms with Crippen molar-refractivity contribution in [3.63, 3.8) is 0 Å². The molecule has 0 N–H and O–H groups in total. The highest BCUT2D eigenvalue weighted by molar-refractivity contribution is 6.59. The average Bonchev–Trinajstić information content (AvgIpc) is 3.19. The van der Waals surface area contributed by atoms with Crippen LogP contribution in [0.3, 0.4) is 0 Å². The first-order valence-electron chi connectivity index (χ1n) is 22.4. The summed E-state index contributed by atoms with van der Waals surface area (Å²) in [5.74, 6) is 0. The highest BCUT2D eigenvalue weighted by Gasteiger charge is 2.25. The number of hydrogen-bond acceptors (Lipinski definition) is 2. The van der Waals surface area contributed by atoms with Crippen LogP contribution in [0.4, 0.5) is 0 Å². The summed E-state index contributed by atoms with van der Waals surface area (Å²) in [5, 5.41) is 29.0. The van der Waals surface area contributed by atoms with Crippen molar-refractivity contribution in [3.05, 3.63) is 54.6 Å². The summed E-state index contributed by atoms with van der Waals surface area (Å²) in [6.07, 6.45) is 22.1. The first-order valence-corrected chi connectivity index (χ1v) is 22.4. The number of quaternary nitrogens is 2. The molecule has 0 aromatic heterocycles. The maximum absolute atomic E-state index is 11.3. The van der Waals surface area contributed by atoms with Crippen LogP contribution in [-0.2, 0) is 0 Å². The normalized spacial score (nSPS) is 11.9. The van der Waals surface area contributed by atoms with E-state index in [2.05, 4.69) is 73.6 Å².